The van der Waals surface area contributed by atoms with Crippen LogP contribution in [0.2, 0.25) is 0 Å². The lowest BCUT2D eigenvalue weighted by molar-refractivity contribution is -0.134. The van der Waals surface area contributed by atoms with Gasteiger partial charge in [-0.25, -0.2) is 13.2 Å². The second-order valence-electron chi connectivity index (χ2n) is 11.7. The Labute approximate surface area is 250 Å². The van der Waals surface area contributed by atoms with Crippen molar-refractivity contribution in [1.82, 2.24) is 14.5 Å². The van der Waals surface area contributed by atoms with Crippen molar-refractivity contribution in [2.75, 3.05) is 32.8 Å². The Morgan fingerprint density at radius 3 is 2.00 bits per heavy atom. The third-order valence-electron chi connectivity index (χ3n) is 7.56. The average molecular weight is 597 g/mol. The van der Waals surface area contributed by atoms with Crippen LogP contribution in [0, 0.1) is 11.3 Å². The number of nitrogens with one attached hydrogen (secondary N) is 1. The predicted octanol–water partition coefficient (Wildman–Crippen LogP) is 5.12. The zero-order chi connectivity index (χ0) is 31.2. The molecular weight excluding hydrogens is 552 g/mol. The van der Waals surface area contributed by atoms with Crippen LogP contribution in [-0.4, -0.2) is 69.0 Å². The van der Waals surface area contributed by atoms with Crippen LogP contribution in [0.1, 0.15) is 94.0 Å². The molecule has 2 amide bonds. The normalized spacial score (nSPS) is 14.8. The molecule has 0 aliphatic carbocycles. The van der Waals surface area contributed by atoms with Gasteiger partial charge in [0.1, 0.15) is 6.04 Å². The number of piperazine rings is 1. The predicted molar refractivity (Wildman–Crippen MR) is 163 cm³/mol. The molecule has 1 aliphatic heterocycles. The molecule has 0 spiro atoms. The number of carbonyl (C=O) groups is 2. The first-order chi connectivity index (χ1) is 19.8. The van der Waals surface area contributed by atoms with Gasteiger partial charge in [-0.3, -0.25) is 4.79 Å². The van der Waals surface area contributed by atoms with Gasteiger partial charge in [-0.15, -0.1) is 0 Å². The van der Waals surface area contributed by atoms with Gasteiger partial charge in [0.25, 0.3) is 0 Å². The molecule has 9 nitrogen and oxygen atoms in total. The second-order valence-corrected chi connectivity index (χ2v) is 13.3. The zero-order valence-electron chi connectivity index (χ0n) is 25.8. The Balaban J connectivity index is 2.03. The molecule has 0 saturated carbocycles. The summed E-state index contributed by atoms with van der Waals surface area (Å²) in [4.78, 5) is 29.5. The lowest BCUT2D eigenvalue weighted by Crippen LogP contribution is -2.56. The van der Waals surface area contributed by atoms with E-state index in [1.54, 1.807) is 41.0 Å². The van der Waals surface area contributed by atoms with Crippen molar-refractivity contribution in [3.63, 3.8) is 0 Å². The summed E-state index contributed by atoms with van der Waals surface area (Å²) in [5, 5.41) is 9.40. The van der Waals surface area contributed by atoms with E-state index in [0.717, 1.165) is 16.7 Å². The minimum atomic E-state index is -4.15. The fourth-order valence-corrected chi connectivity index (χ4v) is 7.06. The first kappa shape index (κ1) is 33.1. The van der Waals surface area contributed by atoms with Crippen LogP contribution in [0.15, 0.2) is 41.3 Å². The molecule has 1 aliphatic rings. The Morgan fingerprint density at radius 1 is 0.929 bits per heavy atom. The van der Waals surface area contributed by atoms with Crippen LogP contribution < -0.4 is 4.72 Å². The average Bonchev–Trinajstić information content (AvgIpc) is 2.95. The number of rotatable bonds is 10. The molecule has 1 unspecified atom stereocenters. The van der Waals surface area contributed by atoms with Crippen molar-refractivity contribution in [3.8, 4) is 6.07 Å². The van der Waals surface area contributed by atoms with Gasteiger partial charge in [0, 0.05) is 26.2 Å². The zero-order valence-corrected chi connectivity index (χ0v) is 26.6. The molecule has 0 radical (unpaired) electrons. The van der Waals surface area contributed by atoms with Crippen LogP contribution in [-0.2, 0) is 26.0 Å². The molecule has 1 atom stereocenters. The van der Waals surface area contributed by atoms with Crippen molar-refractivity contribution in [2.45, 2.75) is 83.6 Å². The molecule has 228 valence electrons. The van der Waals surface area contributed by atoms with Gasteiger partial charge in [0.05, 0.1) is 23.1 Å². The topological polar surface area (TPSA) is 120 Å². The van der Waals surface area contributed by atoms with Crippen LogP contribution in [0.25, 0.3) is 0 Å². The van der Waals surface area contributed by atoms with E-state index in [-0.39, 0.29) is 54.7 Å². The number of nitriles is 1. The summed E-state index contributed by atoms with van der Waals surface area (Å²) in [6.45, 7) is 15.2. The number of hydrogen-bond acceptors (Lipinski definition) is 6. The molecular formula is C32H44N4O5S. The molecule has 1 saturated heterocycles. The number of amides is 2. The number of ether oxygens (including phenoxy) is 1. The summed E-state index contributed by atoms with van der Waals surface area (Å²) in [5.41, 5.74) is 3.61. The maximum absolute atomic E-state index is 14.3. The van der Waals surface area contributed by atoms with Gasteiger partial charge < -0.3 is 14.5 Å². The highest BCUT2D eigenvalue weighted by atomic mass is 32.2. The van der Waals surface area contributed by atoms with Gasteiger partial charge in [-0.2, -0.15) is 9.98 Å². The standard InChI is InChI=1S/C32H44N4O5S/c1-8-41-32(38)36-14-12-35(13-15-36)31(37)29(17-24-10-9-11-25(16-24)20-33)34-42(39,40)30-27(22(4)5)18-26(21(2)3)19-28(30)23(6)7/h9-11,16,18-19,21-23,29,34H,8,12-15,17H2,1-7H3. The van der Waals surface area contributed by atoms with E-state index in [1.807, 2.05) is 39.8 Å². The third kappa shape index (κ3) is 7.90. The smallest absolute Gasteiger partial charge is 0.409 e. The first-order valence-corrected chi connectivity index (χ1v) is 16.2. The highest BCUT2D eigenvalue weighted by Gasteiger charge is 2.35. The highest BCUT2D eigenvalue weighted by Crippen LogP contribution is 2.35. The van der Waals surface area contributed by atoms with E-state index in [9.17, 15) is 23.3 Å². The second kappa shape index (κ2) is 14.2. The molecule has 1 fully saturated rings. The van der Waals surface area contributed by atoms with E-state index in [4.69, 9.17) is 4.74 Å². The summed E-state index contributed by atoms with van der Waals surface area (Å²) in [6.07, 6.45) is -0.355. The summed E-state index contributed by atoms with van der Waals surface area (Å²) >= 11 is 0. The summed E-state index contributed by atoms with van der Waals surface area (Å²) in [5.74, 6) is -0.282. The van der Waals surface area contributed by atoms with Crippen LogP contribution in [0.4, 0.5) is 4.79 Å². The van der Waals surface area contributed by atoms with Gasteiger partial charge in [-0.05, 0) is 65.5 Å². The van der Waals surface area contributed by atoms with Gasteiger partial charge in [0.15, 0.2) is 0 Å². The largest absolute Gasteiger partial charge is 0.450 e. The van der Waals surface area contributed by atoms with E-state index >= 15 is 0 Å². The Kier molecular flexibility index (Phi) is 11.2. The Hall–Kier alpha value is -3.42. The summed E-state index contributed by atoms with van der Waals surface area (Å²) in [7, 11) is -4.15. The lowest BCUT2D eigenvalue weighted by Gasteiger charge is -2.36. The number of carbonyl (C=O) groups excluding carboxylic acids is 2. The summed E-state index contributed by atoms with van der Waals surface area (Å²) < 4.78 is 36.4. The fourth-order valence-electron chi connectivity index (χ4n) is 5.17. The highest BCUT2D eigenvalue weighted by molar-refractivity contribution is 7.89. The molecule has 3 rings (SSSR count). The molecule has 1 heterocycles. The van der Waals surface area contributed by atoms with Crippen molar-refractivity contribution in [1.29, 1.82) is 5.26 Å². The molecule has 0 aromatic heterocycles. The van der Waals surface area contributed by atoms with E-state index in [1.165, 1.54) is 0 Å². The number of hydrogen-bond donors (Lipinski definition) is 1. The molecule has 2 aromatic carbocycles. The molecule has 10 heteroatoms. The quantitative estimate of drug-likeness (QED) is 0.407. The van der Waals surface area contributed by atoms with Crippen molar-refractivity contribution < 1.29 is 22.7 Å². The SMILES string of the molecule is CCOC(=O)N1CCN(C(=O)C(Cc2cccc(C#N)c2)NS(=O)(=O)c2c(C(C)C)cc(C(C)C)cc2C(C)C)CC1. The van der Waals surface area contributed by atoms with Gasteiger partial charge >= 0.3 is 6.09 Å². The minimum absolute atomic E-state index is 0.0646. The summed E-state index contributed by atoms with van der Waals surface area (Å²) in [6, 6.07) is 11.8. The minimum Gasteiger partial charge on any atom is -0.450 e. The van der Waals surface area contributed by atoms with Crippen molar-refractivity contribution in [3.05, 3.63) is 64.2 Å². The third-order valence-corrected chi connectivity index (χ3v) is 9.16. The van der Waals surface area contributed by atoms with Crippen LogP contribution in [0.3, 0.4) is 0 Å². The van der Waals surface area contributed by atoms with Crippen molar-refractivity contribution >= 4 is 22.0 Å². The van der Waals surface area contributed by atoms with E-state index in [0.29, 0.717) is 24.2 Å². The maximum atomic E-state index is 14.3. The first-order valence-electron chi connectivity index (χ1n) is 14.7. The van der Waals surface area contributed by atoms with E-state index < -0.39 is 22.2 Å². The number of nitrogens with zero attached hydrogens (tertiary/aromatic N) is 3. The number of benzene rings is 2. The van der Waals surface area contributed by atoms with Crippen LogP contribution in [0.5, 0.6) is 0 Å². The van der Waals surface area contributed by atoms with Gasteiger partial charge in [0.2, 0.25) is 15.9 Å². The molecule has 1 N–H and O–H groups in total. The fraction of sp³-hybridized carbons (Fsp3) is 0.531. The van der Waals surface area contributed by atoms with Gasteiger partial charge in [-0.1, -0.05) is 65.8 Å². The Morgan fingerprint density at radius 2 is 1.50 bits per heavy atom. The number of sulfonamides is 1. The lowest BCUT2D eigenvalue weighted by atomic mass is 9.89. The van der Waals surface area contributed by atoms with Crippen LogP contribution >= 0.6 is 0 Å². The van der Waals surface area contributed by atoms with Crippen molar-refractivity contribution in [2.24, 2.45) is 0 Å². The molecule has 2 aromatic rings. The molecule has 0 bridgehead atoms. The maximum Gasteiger partial charge on any atom is 0.409 e. The molecule has 42 heavy (non-hydrogen) atoms. The van der Waals surface area contributed by atoms with E-state index in [2.05, 4.69) is 24.6 Å². The Bertz CT molecular complexity index is 1390. The monoisotopic (exact) mass is 596 g/mol.